The molecule has 0 unspecified atom stereocenters. The Balaban J connectivity index is 1.59. The van der Waals surface area contributed by atoms with E-state index in [1.54, 1.807) is 12.1 Å². The minimum Gasteiger partial charge on any atom is -0.464 e. The zero-order valence-corrected chi connectivity index (χ0v) is 17.0. The monoisotopic (exact) mass is 456 g/mol. The lowest BCUT2D eigenvalue weighted by Gasteiger charge is -2.38. The molecule has 2 aliphatic heterocycles. The topological polar surface area (TPSA) is 24.8 Å². The number of rotatable bonds is 2. The maximum absolute atomic E-state index is 13.4. The average molecular weight is 458 g/mol. The van der Waals surface area contributed by atoms with Crippen molar-refractivity contribution in [1.82, 2.24) is 5.01 Å². The molecule has 0 aliphatic carbocycles. The van der Waals surface area contributed by atoms with Gasteiger partial charge in [-0.25, -0.2) is 9.40 Å². The van der Waals surface area contributed by atoms with Crippen molar-refractivity contribution in [3.8, 4) is 5.75 Å². The first kappa shape index (κ1) is 17.7. The third-order valence-corrected chi connectivity index (χ3v) is 5.85. The largest absolute Gasteiger partial charge is 0.464 e. The van der Waals surface area contributed by atoms with Gasteiger partial charge >= 0.3 is 0 Å². The number of hydrazone groups is 1. The maximum Gasteiger partial charge on any atom is 0.213 e. The van der Waals surface area contributed by atoms with Gasteiger partial charge in [0.25, 0.3) is 0 Å². The first-order valence-electron chi connectivity index (χ1n) is 8.92. The normalized spacial score (nSPS) is 20.2. The summed E-state index contributed by atoms with van der Waals surface area (Å²) < 4.78 is 20.7. The van der Waals surface area contributed by atoms with Gasteiger partial charge in [0.1, 0.15) is 11.6 Å². The summed E-state index contributed by atoms with van der Waals surface area (Å²) in [6.07, 6.45) is 0.322. The summed E-state index contributed by atoms with van der Waals surface area (Å²) in [5.41, 5.74) is 3.93. The molecule has 0 N–H and O–H groups in total. The van der Waals surface area contributed by atoms with Crippen molar-refractivity contribution in [2.45, 2.75) is 18.7 Å². The van der Waals surface area contributed by atoms with Crippen molar-refractivity contribution < 1.29 is 9.13 Å². The molecule has 0 amide bonds. The second kappa shape index (κ2) is 6.90. The van der Waals surface area contributed by atoms with Crippen molar-refractivity contribution in [3.05, 3.63) is 98.7 Å². The lowest BCUT2D eigenvalue weighted by Crippen LogP contribution is -2.33. The van der Waals surface area contributed by atoms with Gasteiger partial charge in [0.15, 0.2) is 0 Å². The molecule has 2 atom stereocenters. The molecule has 0 fully saturated rings. The zero-order valence-electron chi connectivity index (χ0n) is 14.6. The minimum atomic E-state index is -0.424. The number of hydrogen-bond donors (Lipinski definition) is 0. The van der Waals surface area contributed by atoms with E-state index in [2.05, 4.69) is 15.9 Å². The molecule has 0 spiro atoms. The highest BCUT2D eigenvalue weighted by atomic mass is 79.9. The smallest absolute Gasteiger partial charge is 0.213 e. The van der Waals surface area contributed by atoms with Gasteiger partial charge in [0.05, 0.1) is 11.8 Å². The summed E-state index contributed by atoms with van der Waals surface area (Å²) >= 11 is 9.73. The van der Waals surface area contributed by atoms with Gasteiger partial charge in [-0.05, 0) is 48.0 Å². The quantitative estimate of drug-likeness (QED) is 0.440. The highest BCUT2D eigenvalue weighted by Crippen LogP contribution is 2.48. The van der Waals surface area contributed by atoms with Gasteiger partial charge in [0, 0.05) is 27.0 Å². The van der Waals surface area contributed by atoms with E-state index in [0.29, 0.717) is 5.02 Å². The van der Waals surface area contributed by atoms with Crippen molar-refractivity contribution >= 4 is 33.2 Å². The highest BCUT2D eigenvalue weighted by Gasteiger charge is 2.41. The molecule has 28 heavy (non-hydrogen) atoms. The van der Waals surface area contributed by atoms with Crippen LogP contribution in [-0.2, 0) is 0 Å². The molecule has 0 radical (unpaired) electrons. The Morgan fingerprint density at radius 3 is 2.54 bits per heavy atom. The van der Waals surface area contributed by atoms with Crippen molar-refractivity contribution in [2.75, 3.05) is 0 Å². The van der Waals surface area contributed by atoms with Crippen LogP contribution in [0.15, 0.2) is 76.3 Å². The Morgan fingerprint density at radius 2 is 1.79 bits per heavy atom. The lowest BCUT2D eigenvalue weighted by atomic mass is 9.96. The van der Waals surface area contributed by atoms with Crippen LogP contribution in [0.4, 0.5) is 4.39 Å². The van der Waals surface area contributed by atoms with Crippen LogP contribution >= 0.6 is 27.5 Å². The van der Waals surface area contributed by atoms with E-state index >= 15 is 0 Å². The van der Waals surface area contributed by atoms with Gasteiger partial charge < -0.3 is 4.74 Å². The number of hydrogen-bond acceptors (Lipinski definition) is 3. The van der Waals surface area contributed by atoms with Crippen LogP contribution in [0, 0.1) is 5.82 Å². The molecule has 2 aliphatic rings. The van der Waals surface area contributed by atoms with Crippen LogP contribution in [0.2, 0.25) is 5.02 Å². The number of ether oxygens (including phenoxy) is 1. The summed E-state index contributed by atoms with van der Waals surface area (Å²) in [5, 5.41) is 7.52. The molecule has 5 rings (SSSR count). The fourth-order valence-electron chi connectivity index (χ4n) is 3.72. The Labute approximate surface area is 175 Å². The van der Waals surface area contributed by atoms with E-state index in [-0.39, 0.29) is 11.9 Å². The first-order valence-corrected chi connectivity index (χ1v) is 10.1. The van der Waals surface area contributed by atoms with Gasteiger partial charge in [-0.1, -0.05) is 51.8 Å². The van der Waals surface area contributed by atoms with Gasteiger partial charge in [0.2, 0.25) is 6.23 Å². The molecule has 140 valence electrons. The van der Waals surface area contributed by atoms with E-state index in [1.807, 2.05) is 47.5 Å². The highest BCUT2D eigenvalue weighted by molar-refractivity contribution is 9.10. The second-order valence-electron chi connectivity index (χ2n) is 6.86. The fourth-order valence-corrected chi connectivity index (χ4v) is 4.17. The molecule has 0 bridgehead atoms. The average Bonchev–Trinajstić information content (AvgIpc) is 3.14. The minimum absolute atomic E-state index is 0.0103. The third kappa shape index (κ3) is 3.09. The summed E-state index contributed by atoms with van der Waals surface area (Å²) in [4.78, 5) is 0. The second-order valence-corrected chi connectivity index (χ2v) is 8.21. The molecule has 0 aromatic heterocycles. The SMILES string of the molecule is Fc1ccc([C@@H]2Oc3ccc(Cl)cc3[C@@H]3CC(c4ccc(Br)cc4)=NN32)cc1. The van der Waals surface area contributed by atoms with Crippen molar-refractivity contribution in [3.63, 3.8) is 0 Å². The number of nitrogens with zero attached hydrogens (tertiary/aromatic N) is 2. The molecule has 0 saturated heterocycles. The predicted molar refractivity (Wildman–Crippen MR) is 111 cm³/mol. The van der Waals surface area contributed by atoms with E-state index in [4.69, 9.17) is 21.4 Å². The van der Waals surface area contributed by atoms with Crippen LogP contribution in [0.1, 0.15) is 35.4 Å². The number of benzene rings is 3. The van der Waals surface area contributed by atoms with Crippen LogP contribution < -0.4 is 4.74 Å². The Kier molecular flexibility index (Phi) is 4.37. The standard InChI is InChI=1S/C22H15BrClFN2O/c23-15-5-1-13(2-6-15)19-12-20-18-11-16(24)7-10-21(18)28-22(27(20)26-19)14-3-8-17(25)9-4-14/h1-11,20,22H,12H2/t20-,22-/m0/s1. The van der Waals surface area contributed by atoms with Crippen LogP contribution in [0.5, 0.6) is 5.75 Å². The molecule has 0 saturated carbocycles. The van der Waals surface area contributed by atoms with Crippen LogP contribution in [0.25, 0.3) is 0 Å². The number of fused-ring (bicyclic) bond motifs is 3. The fraction of sp³-hybridized carbons (Fsp3) is 0.136. The van der Waals surface area contributed by atoms with Gasteiger partial charge in [-0.3, -0.25) is 0 Å². The van der Waals surface area contributed by atoms with E-state index in [9.17, 15) is 4.39 Å². The van der Waals surface area contributed by atoms with Gasteiger partial charge in [-0.15, -0.1) is 0 Å². The summed E-state index contributed by atoms with van der Waals surface area (Å²) in [5.74, 6) is 0.510. The number of halogens is 3. The van der Waals surface area contributed by atoms with Crippen LogP contribution in [-0.4, -0.2) is 10.7 Å². The molecular formula is C22H15BrClFN2O. The van der Waals surface area contributed by atoms with E-state index < -0.39 is 6.23 Å². The van der Waals surface area contributed by atoms with E-state index in [1.165, 1.54) is 12.1 Å². The van der Waals surface area contributed by atoms with Gasteiger partial charge in [-0.2, -0.15) is 5.10 Å². The molecule has 3 nitrogen and oxygen atoms in total. The van der Waals surface area contributed by atoms with Crippen molar-refractivity contribution in [2.24, 2.45) is 5.10 Å². The Hall–Kier alpha value is -2.37. The Bertz CT molecular complexity index is 1070. The molecular weight excluding hydrogens is 443 g/mol. The summed E-state index contributed by atoms with van der Waals surface area (Å²) in [6, 6.07) is 20.2. The summed E-state index contributed by atoms with van der Waals surface area (Å²) in [6.45, 7) is 0. The molecule has 6 heteroatoms. The third-order valence-electron chi connectivity index (χ3n) is 5.08. The summed E-state index contributed by atoms with van der Waals surface area (Å²) in [7, 11) is 0. The lowest BCUT2D eigenvalue weighted by molar-refractivity contribution is -0.0190. The first-order chi connectivity index (χ1) is 13.6. The van der Waals surface area contributed by atoms with Crippen LogP contribution in [0.3, 0.4) is 0 Å². The predicted octanol–water partition coefficient (Wildman–Crippen LogP) is 6.48. The van der Waals surface area contributed by atoms with Crippen molar-refractivity contribution in [1.29, 1.82) is 0 Å². The Morgan fingerprint density at radius 1 is 1.04 bits per heavy atom. The maximum atomic E-state index is 13.4. The van der Waals surface area contributed by atoms with E-state index in [0.717, 1.165) is 39.0 Å². The molecule has 2 heterocycles. The molecule has 3 aromatic rings. The zero-order chi connectivity index (χ0) is 19.3. The molecule has 3 aromatic carbocycles.